The van der Waals surface area contributed by atoms with Crippen molar-refractivity contribution in [2.24, 2.45) is 0 Å². The van der Waals surface area contributed by atoms with Gasteiger partial charge in [-0.1, -0.05) is 74.1 Å². The first-order valence-electron chi connectivity index (χ1n) is 5.69. The Hall–Kier alpha value is 0.01000. The maximum Gasteiger partial charge on any atom is 0.236 e. The highest BCUT2D eigenvalue weighted by Gasteiger charge is 2.36. The first-order valence-corrected chi connectivity index (χ1v) is 6.82. The summed E-state index contributed by atoms with van der Waals surface area (Å²) in [6.45, 7) is 9.12. The number of aromatic nitrogens is 3. The molecule has 0 spiro atoms. The van der Waals surface area contributed by atoms with Crippen LogP contribution in [0.3, 0.4) is 0 Å². The smallest absolute Gasteiger partial charge is 0.236 e. The van der Waals surface area contributed by atoms with E-state index < -0.39 is 3.79 Å². The topological polar surface area (TPSA) is 30.7 Å². The SMILES string of the molecule is CCCCn1nnc(C(Cl)(Cl)Cl)c1C(C)(C)C. The van der Waals surface area contributed by atoms with Crippen molar-refractivity contribution < 1.29 is 0 Å². The molecular weight excluding hydrogens is 281 g/mol. The molecule has 3 nitrogen and oxygen atoms in total. The summed E-state index contributed by atoms with van der Waals surface area (Å²) in [5.41, 5.74) is 1.17. The van der Waals surface area contributed by atoms with Gasteiger partial charge in [-0.15, -0.1) is 5.10 Å². The average molecular weight is 299 g/mol. The van der Waals surface area contributed by atoms with Crippen molar-refractivity contribution in [2.45, 2.75) is 56.3 Å². The quantitative estimate of drug-likeness (QED) is 0.783. The minimum atomic E-state index is -1.52. The summed E-state index contributed by atoms with van der Waals surface area (Å²) in [4.78, 5) is 0. The molecule has 1 aromatic rings. The van der Waals surface area contributed by atoms with E-state index in [-0.39, 0.29) is 5.41 Å². The Balaban J connectivity index is 3.21. The molecule has 0 saturated carbocycles. The summed E-state index contributed by atoms with van der Waals surface area (Å²) in [7, 11) is 0. The number of hydrogen-bond donors (Lipinski definition) is 0. The number of unbranched alkanes of at least 4 members (excludes halogenated alkanes) is 1. The van der Waals surface area contributed by atoms with Gasteiger partial charge < -0.3 is 0 Å². The Labute approximate surface area is 117 Å². The van der Waals surface area contributed by atoms with E-state index in [4.69, 9.17) is 34.8 Å². The lowest BCUT2D eigenvalue weighted by Gasteiger charge is -2.23. The van der Waals surface area contributed by atoms with Crippen LogP contribution in [-0.4, -0.2) is 15.0 Å². The first kappa shape index (κ1) is 15.1. The van der Waals surface area contributed by atoms with Gasteiger partial charge in [-0.3, -0.25) is 0 Å². The molecule has 6 heteroatoms. The fourth-order valence-electron chi connectivity index (χ4n) is 1.71. The lowest BCUT2D eigenvalue weighted by molar-refractivity contribution is 0.465. The number of nitrogens with zero attached hydrogens (tertiary/aromatic N) is 3. The number of rotatable bonds is 3. The highest BCUT2D eigenvalue weighted by molar-refractivity contribution is 6.66. The van der Waals surface area contributed by atoms with Crippen LogP contribution in [0.1, 0.15) is 51.9 Å². The Morgan fingerprint density at radius 3 is 2.18 bits per heavy atom. The molecule has 0 aliphatic heterocycles. The summed E-state index contributed by atoms with van der Waals surface area (Å²) in [5.74, 6) is 0. The fraction of sp³-hybridized carbons (Fsp3) is 0.818. The van der Waals surface area contributed by atoms with Crippen LogP contribution in [0, 0.1) is 0 Å². The molecule has 0 aliphatic rings. The van der Waals surface area contributed by atoms with Crippen molar-refractivity contribution in [2.75, 3.05) is 0 Å². The molecule has 1 heterocycles. The molecular formula is C11H18Cl3N3. The number of alkyl halides is 3. The predicted molar refractivity (Wildman–Crippen MR) is 72.9 cm³/mol. The molecule has 0 atom stereocenters. The van der Waals surface area contributed by atoms with Gasteiger partial charge in [0.15, 0.2) is 0 Å². The molecule has 0 radical (unpaired) electrons. The van der Waals surface area contributed by atoms with Crippen LogP contribution < -0.4 is 0 Å². The third-order valence-corrected chi connectivity index (χ3v) is 2.97. The first-order chi connectivity index (χ1) is 7.68. The van der Waals surface area contributed by atoms with E-state index in [1.807, 2.05) is 4.68 Å². The largest absolute Gasteiger partial charge is 0.248 e. The van der Waals surface area contributed by atoms with E-state index in [0.29, 0.717) is 5.69 Å². The maximum atomic E-state index is 5.93. The summed E-state index contributed by atoms with van der Waals surface area (Å²) >= 11 is 17.8. The lowest BCUT2D eigenvalue weighted by Crippen LogP contribution is -2.22. The van der Waals surface area contributed by atoms with Crippen molar-refractivity contribution in [3.63, 3.8) is 0 Å². The molecule has 0 bridgehead atoms. The van der Waals surface area contributed by atoms with E-state index in [9.17, 15) is 0 Å². The molecule has 0 amide bonds. The maximum absolute atomic E-state index is 5.93. The van der Waals surface area contributed by atoms with Crippen LogP contribution in [0.15, 0.2) is 0 Å². The molecule has 0 aliphatic carbocycles. The zero-order valence-corrected chi connectivity index (χ0v) is 12.9. The Kier molecular flexibility index (Phi) is 4.73. The third kappa shape index (κ3) is 3.73. The standard InChI is InChI=1S/C11H18Cl3N3/c1-5-6-7-17-9(10(2,3)4)8(15-16-17)11(12,13)14/h5-7H2,1-4H3. The molecule has 0 fully saturated rings. The van der Waals surface area contributed by atoms with E-state index in [2.05, 4.69) is 38.0 Å². The molecule has 1 aromatic heterocycles. The Morgan fingerprint density at radius 2 is 1.76 bits per heavy atom. The van der Waals surface area contributed by atoms with Gasteiger partial charge in [0.05, 0.1) is 5.69 Å². The van der Waals surface area contributed by atoms with Crippen LogP contribution >= 0.6 is 34.8 Å². The Bertz CT molecular complexity index is 374. The molecule has 1 rings (SSSR count). The molecule has 17 heavy (non-hydrogen) atoms. The van der Waals surface area contributed by atoms with Crippen molar-refractivity contribution in [1.82, 2.24) is 15.0 Å². The average Bonchev–Trinajstić information content (AvgIpc) is 2.56. The van der Waals surface area contributed by atoms with Crippen molar-refractivity contribution >= 4 is 34.8 Å². The predicted octanol–water partition coefficient (Wildman–Crippen LogP) is 4.20. The molecule has 0 saturated heterocycles. The van der Waals surface area contributed by atoms with Crippen LogP contribution in [0.25, 0.3) is 0 Å². The highest BCUT2D eigenvalue weighted by Crippen LogP contribution is 2.41. The summed E-state index contributed by atoms with van der Waals surface area (Å²) < 4.78 is 0.327. The third-order valence-electron chi connectivity index (χ3n) is 2.44. The molecule has 98 valence electrons. The van der Waals surface area contributed by atoms with Crippen LogP contribution in [0.2, 0.25) is 0 Å². The van der Waals surface area contributed by atoms with Gasteiger partial charge in [0.25, 0.3) is 0 Å². The Morgan fingerprint density at radius 1 is 1.18 bits per heavy atom. The van der Waals surface area contributed by atoms with Crippen molar-refractivity contribution in [1.29, 1.82) is 0 Å². The van der Waals surface area contributed by atoms with Crippen LogP contribution in [0.5, 0.6) is 0 Å². The zero-order chi connectivity index (χ0) is 13.3. The lowest BCUT2D eigenvalue weighted by atomic mass is 9.90. The second kappa shape index (κ2) is 5.33. The van der Waals surface area contributed by atoms with Crippen molar-refractivity contribution in [3.8, 4) is 0 Å². The summed E-state index contributed by atoms with van der Waals surface area (Å²) in [6, 6.07) is 0. The van der Waals surface area contributed by atoms with Gasteiger partial charge in [0, 0.05) is 12.0 Å². The number of aryl methyl sites for hydroxylation is 1. The fourth-order valence-corrected chi connectivity index (χ4v) is 2.09. The summed E-state index contributed by atoms with van der Waals surface area (Å²) in [5, 5.41) is 8.12. The normalized spacial score (nSPS) is 13.1. The number of halogens is 3. The molecule has 0 unspecified atom stereocenters. The second-order valence-corrected chi connectivity index (χ2v) is 7.39. The second-order valence-electron chi connectivity index (χ2n) is 5.11. The minimum absolute atomic E-state index is 0.156. The van der Waals surface area contributed by atoms with Crippen LogP contribution in [0.4, 0.5) is 0 Å². The molecule has 0 aromatic carbocycles. The monoisotopic (exact) mass is 297 g/mol. The van der Waals surface area contributed by atoms with Gasteiger partial charge in [0.2, 0.25) is 3.79 Å². The van der Waals surface area contributed by atoms with E-state index in [0.717, 1.165) is 25.1 Å². The van der Waals surface area contributed by atoms with Gasteiger partial charge in [-0.05, 0) is 6.42 Å². The van der Waals surface area contributed by atoms with E-state index >= 15 is 0 Å². The van der Waals surface area contributed by atoms with Gasteiger partial charge in [0.1, 0.15) is 5.69 Å². The van der Waals surface area contributed by atoms with Gasteiger partial charge in [-0.2, -0.15) is 0 Å². The number of hydrogen-bond acceptors (Lipinski definition) is 2. The van der Waals surface area contributed by atoms with Gasteiger partial charge >= 0.3 is 0 Å². The molecule has 0 N–H and O–H groups in total. The van der Waals surface area contributed by atoms with Crippen molar-refractivity contribution in [3.05, 3.63) is 11.4 Å². The van der Waals surface area contributed by atoms with Crippen LogP contribution in [-0.2, 0) is 15.8 Å². The zero-order valence-electron chi connectivity index (χ0n) is 10.6. The summed E-state index contributed by atoms with van der Waals surface area (Å²) in [6.07, 6.45) is 2.12. The highest BCUT2D eigenvalue weighted by atomic mass is 35.6. The van der Waals surface area contributed by atoms with E-state index in [1.165, 1.54) is 0 Å². The van der Waals surface area contributed by atoms with Gasteiger partial charge in [-0.25, -0.2) is 4.68 Å². The van der Waals surface area contributed by atoms with E-state index in [1.54, 1.807) is 0 Å². The minimum Gasteiger partial charge on any atom is -0.248 e.